The summed E-state index contributed by atoms with van der Waals surface area (Å²) in [4.78, 5) is 26.2. The Hall–Kier alpha value is -1.73. The van der Waals surface area contributed by atoms with Crippen molar-refractivity contribution in [2.24, 2.45) is 0 Å². The van der Waals surface area contributed by atoms with Crippen LogP contribution in [0.15, 0.2) is 12.3 Å². The Labute approximate surface area is 126 Å². The number of ether oxygens (including phenoxy) is 1. The summed E-state index contributed by atoms with van der Waals surface area (Å²) in [5.74, 6) is -0.520. The molecule has 0 bridgehead atoms. The number of hydrogen-bond donors (Lipinski definition) is 1. The monoisotopic (exact) mass is 313 g/mol. The summed E-state index contributed by atoms with van der Waals surface area (Å²) in [6.45, 7) is 4.42. The minimum absolute atomic E-state index is 0.0399. The van der Waals surface area contributed by atoms with E-state index in [9.17, 15) is 14.9 Å². The molecule has 1 amide bonds. The lowest BCUT2D eigenvalue weighted by atomic mass is 9.94. The smallest absolute Gasteiger partial charge is 0.300 e. The molecule has 1 atom stereocenters. The van der Waals surface area contributed by atoms with Gasteiger partial charge in [-0.15, -0.1) is 0 Å². The average Bonchev–Trinajstić information content (AvgIpc) is 2.36. The van der Waals surface area contributed by atoms with Crippen LogP contribution in [0, 0.1) is 10.1 Å². The molecule has 2 heterocycles. The van der Waals surface area contributed by atoms with Crippen molar-refractivity contribution in [2.75, 3.05) is 6.61 Å². The molecule has 1 aromatic rings. The van der Waals surface area contributed by atoms with Crippen molar-refractivity contribution >= 4 is 23.2 Å². The quantitative estimate of drug-likeness (QED) is 0.525. The normalized spacial score (nSPS) is 20.8. The molecule has 0 radical (unpaired) electrons. The van der Waals surface area contributed by atoms with Gasteiger partial charge in [-0.2, -0.15) is 0 Å². The topological polar surface area (TPSA) is 94.4 Å². The van der Waals surface area contributed by atoms with E-state index in [1.54, 1.807) is 0 Å². The fourth-order valence-corrected chi connectivity index (χ4v) is 2.53. The summed E-state index contributed by atoms with van der Waals surface area (Å²) in [5, 5.41) is 13.8. The lowest BCUT2D eigenvalue weighted by Gasteiger charge is -2.35. The molecule has 0 spiro atoms. The van der Waals surface area contributed by atoms with E-state index in [-0.39, 0.29) is 28.0 Å². The molecule has 21 heavy (non-hydrogen) atoms. The van der Waals surface area contributed by atoms with Gasteiger partial charge >= 0.3 is 0 Å². The van der Waals surface area contributed by atoms with Crippen LogP contribution in [0.2, 0.25) is 5.15 Å². The molecular weight excluding hydrogens is 298 g/mol. The number of aromatic nitrogens is 1. The Morgan fingerprint density at radius 2 is 2.33 bits per heavy atom. The maximum atomic E-state index is 12.3. The SMILES string of the molecule is CC1(C)CC(NC(=O)c2cc(Cl)ncc2[N+](=O)[O-])CCO1. The Kier molecular flexibility index (Phi) is 4.43. The van der Waals surface area contributed by atoms with Gasteiger partial charge in [-0.25, -0.2) is 4.98 Å². The van der Waals surface area contributed by atoms with E-state index in [2.05, 4.69) is 10.3 Å². The highest BCUT2D eigenvalue weighted by Crippen LogP contribution is 2.25. The minimum Gasteiger partial charge on any atom is -0.375 e. The number of halogens is 1. The molecule has 7 nitrogen and oxygen atoms in total. The number of carbonyl (C=O) groups is 1. The molecule has 1 unspecified atom stereocenters. The average molecular weight is 314 g/mol. The van der Waals surface area contributed by atoms with Crippen molar-refractivity contribution in [3.8, 4) is 0 Å². The van der Waals surface area contributed by atoms with Crippen LogP contribution < -0.4 is 5.32 Å². The summed E-state index contributed by atoms with van der Waals surface area (Å²) in [6, 6.07) is 1.12. The van der Waals surface area contributed by atoms with Gasteiger partial charge in [0.2, 0.25) is 0 Å². The fraction of sp³-hybridized carbons (Fsp3) is 0.538. The summed E-state index contributed by atoms with van der Waals surface area (Å²) < 4.78 is 5.57. The van der Waals surface area contributed by atoms with Gasteiger partial charge in [0, 0.05) is 12.6 Å². The van der Waals surface area contributed by atoms with Crippen LogP contribution in [-0.2, 0) is 4.74 Å². The van der Waals surface area contributed by atoms with Crippen molar-refractivity contribution < 1.29 is 14.5 Å². The molecular formula is C13H16ClN3O4. The predicted octanol–water partition coefficient (Wildman–Crippen LogP) is 2.33. The first-order chi connectivity index (χ1) is 9.78. The van der Waals surface area contributed by atoms with Gasteiger partial charge in [0.05, 0.1) is 10.5 Å². The first-order valence-electron chi connectivity index (χ1n) is 6.53. The van der Waals surface area contributed by atoms with Crippen molar-refractivity contribution in [3.63, 3.8) is 0 Å². The molecule has 2 rings (SSSR count). The van der Waals surface area contributed by atoms with E-state index in [1.165, 1.54) is 6.07 Å². The third kappa shape index (κ3) is 3.89. The molecule has 0 aromatic carbocycles. The van der Waals surface area contributed by atoms with E-state index in [0.717, 1.165) is 6.20 Å². The molecule has 1 saturated heterocycles. The second-order valence-electron chi connectivity index (χ2n) is 5.55. The predicted molar refractivity (Wildman–Crippen MR) is 76.4 cm³/mol. The molecule has 114 valence electrons. The summed E-state index contributed by atoms with van der Waals surface area (Å²) >= 11 is 5.72. The van der Waals surface area contributed by atoms with Crippen molar-refractivity contribution in [1.29, 1.82) is 0 Å². The number of carbonyl (C=O) groups excluding carboxylic acids is 1. The third-order valence-corrected chi connectivity index (χ3v) is 3.53. The summed E-state index contributed by atoms with van der Waals surface area (Å²) in [6.07, 6.45) is 2.30. The zero-order valence-corrected chi connectivity index (χ0v) is 12.5. The fourth-order valence-electron chi connectivity index (χ4n) is 2.37. The summed E-state index contributed by atoms with van der Waals surface area (Å²) in [7, 11) is 0. The van der Waals surface area contributed by atoms with Gasteiger partial charge < -0.3 is 10.1 Å². The number of pyridine rings is 1. The molecule has 1 aliphatic heterocycles. The van der Waals surface area contributed by atoms with Crippen LogP contribution in [0.25, 0.3) is 0 Å². The number of nitro groups is 1. The van der Waals surface area contributed by atoms with Gasteiger partial charge in [-0.05, 0) is 32.8 Å². The zero-order valence-electron chi connectivity index (χ0n) is 11.8. The molecule has 0 aliphatic carbocycles. The number of amides is 1. The maximum absolute atomic E-state index is 12.3. The van der Waals surface area contributed by atoms with E-state index in [4.69, 9.17) is 16.3 Å². The van der Waals surface area contributed by atoms with E-state index in [0.29, 0.717) is 19.4 Å². The van der Waals surface area contributed by atoms with Crippen molar-refractivity contribution in [1.82, 2.24) is 10.3 Å². The van der Waals surface area contributed by atoms with Gasteiger partial charge in [-0.1, -0.05) is 11.6 Å². The maximum Gasteiger partial charge on any atom is 0.300 e. The number of rotatable bonds is 3. The Bertz CT molecular complexity index is 577. The molecule has 1 N–H and O–H groups in total. The van der Waals surface area contributed by atoms with E-state index < -0.39 is 10.8 Å². The van der Waals surface area contributed by atoms with Crippen LogP contribution in [0.5, 0.6) is 0 Å². The number of hydrogen-bond acceptors (Lipinski definition) is 5. The van der Waals surface area contributed by atoms with Crippen molar-refractivity contribution in [2.45, 2.75) is 38.3 Å². The van der Waals surface area contributed by atoms with Gasteiger partial charge in [0.15, 0.2) is 0 Å². The van der Waals surface area contributed by atoms with Crippen LogP contribution in [0.4, 0.5) is 5.69 Å². The number of nitrogens with zero attached hydrogens (tertiary/aromatic N) is 2. The standard InChI is InChI=1S/C13H16ClN3O4/c1-13(2)6-8(3-4-21-13)16-12(18)9-5-11(14)15-7-10(9)17(19)20/h5,7-8H,3-4,6H2,1-2H3,(H,16,18). The largest absolute Gasteiger partial charge is 0.375 e. The third-order valence-electron chi connectivity index (χ3n) is 3.32. The second-order valence-corrected chi connectivity index (χ2v) is 5.94. The van der Waals surface area contributed by atoms with Crippen molar-refractivity contribution in [3.05, 3.63) is 33.1 Å². The highest BCUT2D eigenvalue weighted by molar-refractivity contribution is 6.29. The highest BCUT2D eigenvalue weighted by Gasteiger charge is 2.31. The zero-order chi connectivity index (χ0) is 15.6. The molecule has 1 aliphatic rings. The lowest BCUT2D eigenvalue weighted by molar-refractivity contribution is -0.385. The van der Waals surface area contributed by atoms with Crippen LogP contribution in [-0.4, -0.2) is 34.1 Å². The Balaban J connectivity index is 2.17. The Morgan fingerprint density at radius 1 is 1.62 bits per heavy atom. The first-order valence-corrected chi connectivity index (χ1v) is 6.91. The number of nitrogens with one attached hydrogen (secondary N) is 1. The Morgan fingerprint density at radius 3 is 2.95 bits per heavy atom. The van der Waals surface area contributed by atoms with Gasteiger partial charge in [0.1, 0.15) is 16.9 Å². The first kappa shape index (κ1) is 15.7. The second kappa shape index (κ2) is 5.95. The highest BCUT2D eigenvalue weighted by atomic mass is 35.5. The molecule has 0 saturated carbocycles. The van der Waals surface area contributed by atoms with E-state index in [1.807, 2.05) is 13.8 Å². The van der Waals surface area contributed by atoms with E-state index >= 15 is 0 Å². The lowest BCUT2D eigenvalue weighted by Crippen LogP contribution is -2.45. The minimum atomic E-state index is -0.647. The van der Waals surface area contributed by atoms with Crippen LogP contribution >= 0.6 is 11.6 Å². The van der Waals surface area contributed by atoms with Gasteiger partial charge in [-0.3, -0.25) is 14.9 Å². The molecule has 1 aromatic heterocycles. The van der Waals surface area contributed by atoms with Gasteiger partial charge in [0.25, 0.3) is 11.6 Å². The molecule has 8 heteroatoms. The molecule has 1 fully saturated rings. The van der Waals surface area contributed by atoms with Crippen LogP contribution in [0.1, 0.15) is 37.0 Å². The summed E-state index contributed by atoms with van der Waals surface area (Å²) in [5.41, 5.74) is -0.759. The van der Waals surface area contributed by atoms with Crippen LogP contribution in [0.3, 0.4) is 0 Å².